The Hall–Kier alpha value is -1.67. The molecule has 8 nitrogen and oxygen atoms in total. The van der Waals surface area contributed by atoms with E-state index in [0.717, 1.165) is 0 Å². The number of nitrogens with zero attached hydrogens (tertiary/aromatic N) is 2. The van der Waals surface area contributed by atoms with Crippen LogP contribution in [0.3, 0.4) is 0 Å². The molecule has 8 heteroatoms. The molecule has 0 aliphatic carbocycles. The van der Waals surface area contributed by atoms with Crippen molar-refractivity contribution in [3.05, 3.63) is 0 Å². The highest BCUT2D eigenvalue weighted by Gasteiger charge is 2.34. The number of likely N-dealkylation sites (tertiary alicyclic amines) is 1. The van der Waals surface area contributed by atoms with Crippen LogP contribution >= 0.6 is 0 Å². The summed E-state index contributed by atoms with van der Waals surface area (Å²) in [5.74, 6) is -1.38. The minimum Gasteiger partial charge on any atom is -0.374 e. The molecule has 2 aliphatic rings. The van der Waals surface area contributed by atoms with Gasteiger partial charge in [-0.1, -0.05) is 0 Å². The predicted octanol–water partition coefficient (Wildman–Crippen LogP) is -1.28. The summed E-state index contributed by atoms with van der Waals surface area (Å²) in [5, 5.41) is 19.5. The molecule has 2 heterocycles. The number of hydroxylamine groups is 2. The first-order valence-electron chi connectivity index (χ1n) is 6.17. The zero-order valence-electron chi connectivity index (χ0n) is 10.3. The van der Waals surface area contributed by atoms with E-state index in [4.69, 9.17) is 4.84 Å². The molecule has 106 valence electrons. The lowest BCUT2D eigenvalue weighted by Gasteiger charge is -2.21. The molecule has 2 amide bonds. The molecule has 2 atom stereocenters. The van der Waals surface area contributed by atoms with Crippen LogP contribution in [0, 0.1) is 0 Å². The van der Waals surface area contributed by atoms with Crippen LogP contribution < -0.4 is 0 Å². The van der Waals surface area contributed by atoms with Crippen molar-refractivity contribution < 1.29 is 29.4 Å². The Morgan fingerprint density at radius 3 is 2.32 bits per heavy atom. The molecule has 0 saturated carbocycles. The van der Waals surface area contributed by atoms with Gasteiger partial charge in [0, 0.05) is 32.2 Å². The Morgan fingerprint density at radius 1 is 1.16 bits per heavy atom. The SMILES string of the molecule is O=C(CCN1C(=O)CCC1O)ON1C(=O)CCC1O. The van der Waals surface area contributed by atoms with Crippen molar-refractivity contribution >= 4 is 17.8 Å². The van der Waals surface area contributed by atoms with Crippen LogP contribution in [0.1, 0.15) is 32.1 Å². The van der Waals surface area contributed by atoms with E-state index >= 15 is 0 Å². The normalized spacial score (nSPS) is 27.3. The van der Waals surface area contributed by atoms with Gasteiger partial charge in [-0.25, -0.2) is 4.79 Å². The third-order valence-corrected chi connectivity index (χ3v) is 3.19. The first-order chi connectivity index (χ1) is 8.99. The van der Waals surface area contributed by atoms with Gasteiger partial charge in [0.2, 0.25) is 5.91 Å². The molecule has 0 aromatic heterocycles. The zero-order chi connectivity index (χ0) is 14.0. The topological polar surface area (TPSA) is 107 Å². The molecule has 0 spiro atoms. The van der Waals surface area contributed by atoms with E-state index in [1.54, 1.807) is 0 Å². The summed E-state index contributed by atoms with van der Waals surface area (Å²) in [7, 11) is 0. The third-order valence-electron chi connectivity index (χ3n) is 3.19. The van der Waals surface area contributed by atoms with Crippen molar-refractivity contribution in [1.29, 1.82) is 0 Å². The molecule has 0 aromatic rings. The molecule has 0 radical (unpaired) electrons. The van der Waals surface area contributed by atoms with Gasteiger partial charge in [0.25, 0.3) is 5.91 Å². The molecule has 2 unspecified atom stereocenters. The zero-order valence-corrected chi connectivity index (χ0v) is 10.3. The largest absolute Gasteiger partial charge is 0.374 e. The third kappa shape index (κ3) is 3.02. The Labute approximate surface area is 109 Å². The molecule has 0 aromatic carbocycles. The number of aliphatic hydroxyl groups excluding tert-OH is 2. The van der Waals surface area contributed by atoms with Crippen LogP contribution in [0.5, 0.6) is 0 Å². The minimum atomic E-state index is -1.10. The summed E-state index contributed by atoms with van der Waals surface area (Å²) >= 11 is 0. The number of rotatable bonds is 4. The monoisotopic (exact) mass is 272 g/mol. The smallest absolute Gasteiger partial charge is 0.334 e. The van der Waals surface area contributed by atoms with Gasteiger partial charge in [0.15, 0.2) is 6.23 Å². The van der Waals surface area contributed by atoms with Crippen LogP contribution in [-0.2, 0) is 19.2 Å². The molecule has 2 rings (SSSR count). The standard InChI is InChI=1S/C11H16N2O6/c14-7-1-2-8(15)12(7)6-5-11(18)19-13-9(16)3-4-10(13)17/h7,9,14,16H,1-6H2. The summed E-state index contributed by atoms with van der Waals surface area (Å²) < 4.78 is 0. The number of hydrogen-bond donors (Lipinski definition) is 2. The maximum atomic E-state index is 11.5. The fourth-order valence-corrected chi connectivity index (χ4v) is 2.12. The van der Waals surface area contributed by atoms with E-state index in [9.17, 15) is 24.6 Å². The van der Waals surface area contributed by atoms with Gasteiger partial charge in [-0.15, -0.1) is 5.06 Å². The van der Waals surface area contributed by atoms with Gasteiger partial charge >= 0.3 is 5.97 Å². The van der Waals surface area contributed by atoms with Crippen LogP contribution in [0.2, 0.25) is 0 Å². The van der Waals surface area contributed by atoms with E-state index in [-0.39, 0.29) is 38.1 Å². The number of carbonyl (C=O) groups excluding carboxylic acids is 3. The molecule has 2 N–H and O–H groups in total. The highest BCUT2D eigenvalue weighted by molar-refractivity contribution is 5.81. The number of hydrogen-bond acceptors (Lipinski definition) is 6. The number of carbonyl (C=O) groups is 3. The number of amides is 2. The van der Waals surface area contributed by atoms with Crippen molar-refractivity contribution in [2.45, 2.75) is 44.6 Å². The lowest BCUT2D eigenvalue weighted by atomic mass is 10.4. The van der Waals surface area contributed by atoms with Crippen molar-refractivity contribution in [1.82, 2.24) is 9.96 Å². The van der Waals surface area contributed by atoms with Crippen molar-refractivity contribution in [3.8, 4) is 0 Å². The molecule has 2 saturated heterocycles. The first kappa shape index (κ1) is 13.8. The second-order valence-corrected chi connectivity index (χ2v) is 4.56. The summed E-state index contributed by atoms with van der Waals surface area (Å²) in [4.78, 5) is 40.1. The van der Waals surface area contributed by atoms with Crippen molar-refractivity contribution in [2.75, 3.05) is 6.54 Å². The second-order valence-electron chi connectivity index (χ2n) is 4.56. The Kier molecular flexibility index (Phi) is 4.01. The first-order valence-corrected chi connectivity index (χ1v) is 6.17. The Morgan fingerprint density at radius 2 is 1.79 bits per heavy atom. The van der Waals surface area contributed by atoms with Gasteiger partial charge in [-0.3, -0.25) is 9.59 Å². The van der Waals surface area contributed by atoms with Gasteiger partial charge in [0.1, 0.15) is 6.23 Å². The average molecular weight is 272 g/mol. The maximum Gasteiger partial charge on any atom is 0.334 e. The Bertz CT molecular complexity index is 399. The summed E-state index contributed by atoms with van der Waals surface area (Å²) in [6.07, 6.45) is -1.11. The number of aliphatic hydroxyl groups is 2. The van der Waals surface area contributed by atoms with Gasteiger partial charge in [-0.05, 0) is 0 Å². The summed E-state index contributed by atoms with van der Waals surface area (Å²) in [6.45, 7) is 0.0386. The van der Waals surface area contributed by atoms with E-state index in [1.165, 1.54) is 4.90 Å². The molecule has 2 fully saturated rings. The molecular weight excluding hydrogens is 256 g/mol. The second kappa shape index (κ2) is 5.54. The molecule has 0 bridgehead atoms. The van der Waals surface area contributed by atoms with Crippen LogP contribution in [0.4, 0.5) is 0 Å². The van der Waals surface area contributed by atoms with E-state index in [0.29, 0.717) is 11.5 Å². The molecule has 2 aliphatic heterocycles. The average Bonchev–Trinajstić information content (AvgIpc) is 2.84. The van der Waals surface area contributed by atoms with Crippen molar-refractivity contribution in [3.63, 3.8) is 0 Å². The van der Waals surface area contributed by atoms with Gasteiger partial charge in [-0.2, -0.15) is 0 Å². The fraction of sp³-hybridized carbons (Fsp3) is 0.727. The quantitative estimate of drug-likeness (QED) is 0.660. The van der Waals surface area contributed by atoms with Gasteiger partial charge < -0.3 is 20.0 Å². The van der Waals surface area contributed by atoms with Crippen LogP contribution in [0.15, 0.2) is 0 Å². The van der Waals surface area contributed by atoms with E-state index in [2.05, 4.69) is 0 Å². The highest BCUT2D eigenvalue weighted by Crippen LogP contribution is 2.19. The van der Waals surface area contributed by atoms with Gasteiger partial charge in [0.05, 0.1) is 6.42 Å². The predicted molar refractivity (Wildman–Crippen MR) is 59.7 cm³/mol. The van der Waals surface area contributed by atoms with E-state index in [1.807, 2.05) is 0 Å². The minimum absolute atomic E-state index is 0.0386. The Balaban J connectivity index is 1.78. The highest BCUT2D eigenvalue weighted by atomic mass is 16.7. The molecular formula is C11H16N2O6. The summed E-state index contributed by atoms with van der Waals surface area (Å²) in [6, 6.07) is 0. The summed E-state index contributed by atoms with van der Waals surface area (Å²) in [5.41, 5.74) is 0. The lowest BCUT2D eigenvalue weighted by molar-refractivity contribution is -0.220. The van der Waals surface area contributed by atoms with Crippen LogP contribution in [-0.4, -0.2) is 57.0 Å². The molecule has 19 heavy (non-hydrogen) atoms. The lowest BCUT2D eigenvalue weighted by Crippen LogP contribution is -2.38. The maximum absolute atomic E-state index is 11.5. The van der Waals surface area contributed by atoms with Crippen LogP contribution in [0.25, 0.3) is 0 Å². The van der Waals surface area contributed by atoms with Crippen molar-refractivity contribution in [2.24, 2.45) is 0 Å². The fourth-order valence-electron chi connectivity index (χ4n) is 2.12. The van der Waals surface area contributed by atoms with E-state index < -0.39 is 24.3 Å².